The van der Waals surface area contributed by atoms with Crippen LogP contribution in [0.4, 0.5) is 4.79 Å². The molecule has 0 radical (unpaired) electrons. The summed E-state index contributed by atoms with van der Waals surface area (Å²) in [7, 11) is 0. The van der Waals surface area contributed by atoms with Gasteiger partial charge in [-0.15, -0.1) is 0 Å². The largest absolute Gasteiger partial charge is 0.444 e. The summed E-state index contributed by atoms with van der Waals surface area (Å²) < 4.78 is 5.58. The van der Waals surface area contributed by atoms with Gasteiger partial charge in [-0.1, -0.05) is 60.7 Å². The van der Waals surface area contributed by atoms with Gasteiger partial charge in [-0.3, -0.25) is 0 Å². The molecule has 0 bridgehead atoms. The van der Waals surface area contributed by atoms with Crippen LogP contribution in [-0.4, -0.2) is 30.8 Å². The van der Waals surface area contributed by atoms with Crippen molar-refractivity contribution in [2.24, 2.45) is 0 Å². The molecule has 2 aromatic carbocycles. The Morgan fingerprint density at radius 1 is 1.11 bits per heavy atom. The normalized spacial score (nSPS) is 20.9. The highest BCUT2D eigenvalue weighted by atomic mass is 16.6. The Hall–Kier alpha value is -2.33. The van der Waals surface area contributed by atoms with Crippen molar-refractivity contribution in [1.82, 2.24) is 10.6 Å². The van der Waals surface area contributed by atoms with Crippen molar-refractivity contribution in [2.45, 2.75) is 50.7 Å². The summed E-state index contributed by atoms with van der Waals surface area (Å²) in [5, 5.41) is 6.71. The second-order valence-electron chi connectivity index (χ2n) is 8.34. The van der Waals surface area contributed by atoms with Gasteiger partial charge in [0.1, 0.15) is 5.60 Å². The quantitative estimate of drug-likeness (QED) is 0.839. The second kappa shape index (κ2) is 8.13. The van der Waals surface area contributed by atoms with Gasteiger partial charge in [-0.05, 0) is 51.3 Å². The predicted octanol–water partition coefficient (Wildman–Crippen LogP) is 4.05. The predicted molar refractivity (Wildman–Crippen MR) is 109 cm³/mol. The summed E-state index contributed by atoms with van der Waals surface area (Å²) in [5.41, 5.74) is 1.79. The van der Waals surface area contributed by atoms with E-state index >= 15 is 0 Å². The third kappa shape index (κ3) is 4.89. The molecule has 1 aliphatic heterocycles. The highest BCUT2D eigenvalue weighted by molar-refractivity contribution is 5.68. The Balaban J connectivity index is 1.93. The molecule has 2 aromatic rings. The Bertz CT molecular complexity index is 732. The summed E-state index contributed by atoms with van der Waals surface area (Å²) in [6, 6.07) is 20.8. The third-order valence-electron chi connectivity index (χ3n) is 5.18. The zero-order valence-electron chi connectivity index (χ0n) is 16.5. The van der Waals surface area contributed by atoms with Gasteiger partial charge in [-0.2, -0.15) is 0 Å². The zero-order valence-corrected chi connectivity index (χ0v) is 16.5. The van der Waals surface area contributed by atoms with E-state index in [0.717, 1.165) is 25.9 Å². The van der Waals surface area contributed by atoms with E-state index in [1.165, 1.54) is 11.1 Å². The molecule has 0 aliphatic carbocycles. The molecule has 144 valence electrons. The number of amides is 1. The SMILES string of the molecule is CC(C)(C)OC(=O)NC(Cc1ccccc1)C1(c2ccccc2)CCNC1. The molecule has 4 heteroatoms. The van der Waals surface area contributed by atoms with Crippen LogP contribution >= 0.6 is 0 Å². The first-order chi connectivity index (χ1) is 12.9. The minimum atomic E-state index is -0.519. The van der Waals surface area contributed by atoms with E-state index in [-0.39, 0.29) is 17.6 Å². The first-order valence-corrected chi connectivity index (χ1v) is 9.69. The molecule has 0 saturated carbocycles. The maximum Gasteiger partial charge on any atom is 0.407 e. The van der Waals surface area contributed by atoms with E-state index in [2.05, 4.69) is 47.0 Å². The molecule has 1 fully saturated rings. The van der Waals surface area contributed by atoms with E-state index in [1.54, 1.807) is 0 Å². The molecule has 0 aromatic heterocycles. The standard InChI is InChI=1S/C23H30N2O2/c1-22(2,3)27-21(26)25-20(16-18-10-6-4-7-11-18)23(14-15-24-17-23)19-12-8-5-9-13-19/h4-13,20,24H,14-17H2,1-3H3,(H,25,26). The molecule has 4 nitrogen and oxygen atoms in total. The van der Waals surface area contributed by atoms with Crippen LogP contribution in [0.3, 0.4) is 0 Å². The van der Waals surface area contributed by atoms with Crippen LogP contribution < -0.4 is 10.6 Å². The van der Waals surface area contributed by atoms with Crippen molar-refractivity contribution < 1.29 is 9.53 Å². The third-order valence-corrected chi connectivity index (χ3v) is 5.18. The lowest BCUT2D eigenvalue weighted by Crippen LogP contribution is -2.54. The Morgan fingerprint density at radius 3 is 2.30 bits per heavy atom. The van der Waals surface area contributed by atoms with Gasteiger partial charge in [0.2, 0.25) is 0 Å². The Kier molecular flexibility index (Phi) is 5.85. The fraction of sp³-hybridized carbons (Fsp3) is 0.435. The van der Waals surface area contributed by atoms with Gasteiger partial charge in [0.15, 0.2) is 0 Å². The number of carbonyl (C=O) groups excluding carboxylic acids is 1. The molecule has 1 heterocycles. The van der Waals surface area contributed by atoms with E-state index < -0.39 is 5.60 Å². The highest BCUT2D eigenvalue weighted by Crippen LogP contribution is 2.36. The number of ether oxygens (including phenoxy) is 1. The van der Waals surface area contributed by atoms with Crippen molar-refractivity contribution in [3.8, 4) is 0 Å². The summed E-state index contributed by atoms with van der Waals surface area (Å²) in [5.74, 6) is 0. The lowest BCUT2D eigenvalue weighted by atomic mass is 9.71. The molecule has 1 aliphatic rings. The molecule has 1 saturated heterocycles. The minimum Gasteiger partial charge on any atom is -0.444 e. The summed E-state index contributed by atoms with van der Waals surface area (Å²) in [6.45, 7) is 7.45. The zero-order chi connectivity index (χ0) is 19.3. The van der Waals surface area contributed by atoms with Gasteiger partial charge in [0.25, 0.3) is 0 Å². The topological polar surface area (TPSA) is 50.4 Å². The monoisotopic (exact) mass is 366 g/mol. The average Bonchev–Trinajstić information content (AvgIpc) is 3.12. The fourth-order valence-corrected chi connectivity index (χ4v) is 3.91. The molecule has 2 unspecified atom stereocenters. The summed E-state index contributed by atoms with van der Waals surface area (Å²) >= 11 is 0. The summed E-state index contributed by atoms with van der Waals surface area (Å²) in [6.07, 6.45) is 1.38. The Labute approximate surface area is 162 Å². The molecule has 1 amide bonds. The summed E-state index contributed by atoms with van der Waals surface area (Å²) in [4.78, 5) is 12.6. The van der Waals surface area contributed by atoms with Crippen LogP contribution in [0.1, 0.15) is 38.3 Å². The van der Waals surface area contributed by atoms with Gasteiger partial charge in [0.05, 0.1) is 0 Å². The van der Waals surface area contributed by atoms with Gasteiger partial charge in [-0.25, -0.2) is 4.79 Å². The fourth-order valence-electron chi connectivity index (χ4n) is 3.91. The van der Waals surface area contributed by atoms with Crippen LogP contribution in [0.5, 0.6) is 0 Å². The maximum atomic E-state index is 12.6. The van der Waals surface area contributed by atoms with Crippen LogP contribution in [0.15, 0.2) is 60.7 Å². The van der Waals surface area contributed by atoms with Gasteiger partial charge < -0.3 is 15.4 Å². The molecule has 2 atom stereocenters. The lowest BCUT2D eigenvalue weighted by Gasteiger charge is -2.38. The van der Waals surface area contributed by atoms with Crippen molar-refractivity contribution >= 4 is 6.09 Å². The van der Waals surface area contributed by atoms with Crippen LogP contribution in [0.25, 0.3) is 0 Å². The first kappa shape index (κ1) is 19.4. The smallest absolute Gasteiger partial charge is 0.407 e. The van der Waals surface area contributed by atoms with Crippen molar-refractivity contribution in [3.05, 3.63) is 71.8 Å². The van der Waals surface area contributed by atoms with Crippen LogP contribution in [0.2, 0.25) is 0 Å². The number of hydrogen-bond acceptors (Lipinski definition) is 3. The van der Waals surface area contributed by atoms with Gasteiger partial charge in [0, 0.05) is 18.0 Å². The number of benzene rings is 2. The average molecular weight is 367 g/mol. The molecule has 27 heavy (non-hydrogen) atoms. The van der Waals surface area contributed by atoms with Crippen molar-refractivity contribution in [3.63, 3.8) is 0 Å². The lowest BCUT2D eigenvalue weighted by molar-refractivity contribution is 0.0478. The molecule has 2 N–H and O–H groups in total. The van der Waals surface area contributed by atoms with E-state index in [0.29, 0.717) is 0 Å². The minimum absolute atomic E-state index is 0.0628. The number of carbonyl (C=O) groups is 1. The Morgan fingerprint density at radius 2 is 1.74 bits per heavy atom. The molecular formula is C23H30N2O2. The molecule has 0 spiro atoms. The first-order valence-electron chi connectivity index (χ1n) is 9.69. The van der Waals surface area contributed by atoms with Crippen molar-refractivity contribution in [1.29, 1.82) is 0 Å². The van der Waals surface area contributed by atoms with E-state index in [4.69, 9.17) is 4.74 Å². The van der Waals surface area contributed by atoms with E-state index in [1.807, 2.05) is 45.0 Å². The highest BCUT2D eigenvalue weighted by Gasteiger charge is 2.44. The van der Waals surface area contributed by atoms with Crippen LogP contribution in [0, 0.1) is 0 Å². The maximum absolute atomic E-state index is 12.6. The number of alkyl carbamates (subject to hydrolysis) is 1. The molecule has 3 rings (SSSR count). The van der Waals surface area contributed by atoms with E-state index in [9.17, 15) is 4.79 Å². The molecular weight excluding hydrogens is 336 g/mol. The second-order valence-corrected chi connectivity index (χ2v) is 8.34. The van der Waals surface area contributed by atoms with Crippen molar-refractivity contribution in [2.75, 3.05) is 13.1 Å². The number of nitrogens with one attached hydrogen (secondary N) is 2. The number of rotatable bonds is 5. The number of hydrogen-bond donors (Lipinski definition) is 2. The van der Waals surface area contributed by atoms with Gasteiger partial charge >= 0.3 is 6.09 Å². The van der Waals surface area contributed by atoms with Crippen LogP contribution in [-0.2, 0) is 16.6 Å².